The van der Waals surface area contributed by atoms with Gasteiger partial charge in [0.05, 0.1) is 7.11 Å². The normalized spacial score (nSPS) is 12.5. The third-order valence-corrected chi connectivity index (χ3v) is 4.62. The van der Waals surface area contributed by atoms with Crippen LogP contribution in [0, 0.1) is 11.3 Å². The second-order valence-corrected chi connectivity index (χ2v) is 6.34. The third-order valence-electron chi connectivity index (χ3n) is 4.62. The van der Waals surface area contributed by atoms with E-state index in [0.717, 1.165) is 28.0 Å². The number of amides is 1. The number of nitriles is 1. The molecule has 0 aliphatic carbocycles. The number of nitrogens with zero attached hydrogens (tertiary/aromatic N) is 5. The molecule has 7 nitrogen and oxygen atoms in total. The highest BCUT2D eigenvalue weighted by Gasteiger charge is 2.24. The quantitative estimate of drug-likeness (QED) is 0.714. The lowest BCUT2D eigenvalue weighted by Gasteiger charge is -2.14. The minimum absolute atomic E-state index is 0.0523. The molecule has 0 atom stereocenters. The maximum atomic E-state index is 12.6. The van der Waals surface area contributed by atoms with E-state index in [9.17, 15) is 4.79 Å². The Morgan fingerprint density at radius 2 is 2.00 bits per heavy atom. The van der Waals surface area contributed by atoms with Gasteiger partial charge in [0, 0.05) is 13.1 Å². The van der Waals surface area contributed by atoms with E-state index in [4.69, 9.17) is 10.00 Å². The first-order valence-electron chi connectivity index (χ1n) is 8.50. The summed E-state index contributed by atoms with van der Waals surface area (Å²) in [6, 6.07) is 16.0. The van der Waals surface area contributed by atoms with Gasteiger partial charge in [0.1, 0.15) is 24.7 Å². The van der Waals surface area contributed by atoms with Crippen LogP contribution in [0.4, 0.5) is 0 Å². The SMILES string of the molecule is COc1cccc(-c2ccc3c(c2)CN(C(=O)Cn2cnc(C#N)n2)C3)c1. The molecular formula is C20H17N5O2. The predicted octanol–water partition coefficient (Wildman–Crippen LogP) is 2.37. The number of fused-ring (bicyclic) bond motifs is 1. The summed E-state index contributed by atoms with van der Waals surface area (Å²) in [4.78, 5) is 18.2. The highest BCUT2D eigenvalue weighted by Crippen LogP contribution is 2.30. The fraction of sp³-hybridized carbons (Fsp3) is 0.200. The second kappa shape index (κ2) is 6.92. The fourth-order valence-electron chi connectivity index (χ4n) is 3.21. The summed E-state index contributed by atoms with van der Waals surface area (Å²) in [6.07, 6.45) is 1.40. The van der Waals surface area contributed by atoms with Crippen LogP contribution in [0.15, 0.2) is 48.8 Å². The molecule has 0 spiro atoms. The molecule has 1 amide bonds. The molecule has 0 saturated heterocycles. The Balaban J connectivity index is 1.50. The monoisotopic (exact) mass is 359 g/mol. The van der Waals surface area contributed by atoms with Crippen LogP contribution >= 0.6 is 0 Å². The van der Waals surface area contributed by atoms with E-state index in [-0.39, 0.29) is 18.3 Å². The zero-order valence-electron chi connectivity index (χ0n) is 14.8. The maximum Gasteiger partial charge on any atom is 0.252 e. The van der Waals surface area contributed by atoms with Crippen molar-refractivity contribution < 1.29 is 9.53 Å². The third kappa shape index (κ3) is 3.37. The van der Waals surface area contributed by atoms with Gasteiger partial charge >= 0.3 is 0 Å². The van der Waals surface area contributed by atoms with E-state index in [2.05, 4.69) is 28.3 Å². The van der Waals surface area contributed by atoms with Crippen molar-refractivity contribution in [1.82, 2.24) is 19.7 Å². The summed E-state index contributed by atoms with van der Waals surface area (Å²) in [6.45, 7) is 1.21. The van der Waals surface area contributed by atoms with Crippen molar-refractivity contribution in [2.45, 2.75) is 19.6 Å². The largest absolute Gasteiger partial charge is 0.497 e. The number of aromatic nitrogens is 3. The Hall–Kier alpha value is -3.66. The maximum absolute atomic E-state index is 12.6. The molecule has 0 N–H and O–H groups in total. The van der Waals surface area contributed by atoms with Gasteiger partial charge in [-0.1, -0.05) is 24.3 Å². The van der Waals surface area contributed by atoms with Crippen LogP contribution in [0.2, 0.25) is 0 Å². The van der Waals surface area contributed by atoms with Gasteiger partial charge in [-0.2, -0.15) is 5.26 Å². The highest BCUT2D eigenvalue weighted by atomic mass is 16.5. The zero-order valence-corrected chi connectivity index (χ0v) is 14.8. The van der Waals surface area contributed by atoms with Crippen LogP contribution in [0.5, 0.6) is 5.75 Å². The molecule has 0 saturated carbocycles. The lowest BCUT2D eigenvalue weighted by Crippen LogP contribution is -2.29. The van der Waals surface area contributed by atoms with Crippen molar-refractivity contribution in [1.29, 1.82) is 5.26 Å². The Bertz CT molecular complexity index is 1050. The highest BCUT2D eigenvalue weighted by molar-refractivity contribution is 5.77. The average Bonchev–Trinajstić information content (AvgIpc) is 3.33. The number of hydrogen-bond donors (Lipinski definition) is 0. The van der Waals surface area contributed by atoms with Gasteiger partial charge in [-0.3, -0.25) is 4.79 Å². The summed E-state index contributed by atoms with van der Waals surface area (Å²) >= 11 is 0. The molecule has 2 heterocycles. The molecule has 0 fully saturated rings. The van der Waals surface area contributed by atoms with E-state index >= 15 is 0 Å². The second-order valence-electron chi connectivity index (χ2n) is 6.34. The first-order valence-corrected chi connectivity index (χ1v) is 8.50. The summed E-state index contributed by atoms with van der Waals surface area (Å²) in [5, 5.41) is 12.7. The van der Waals surface area contributed by atoms with Crippen molar-refractivity contribution in [3.63, 3.8) is 0 Å². The molecule has 3 aromatic rings. The number of benzene rings is 2. The molecule has 1 aliphatic rings. The minimum Gasteiger partial charge on any atom is -0.497 e. The van der Waals surface area contributed by atoms with Gasteiger partial charge in [0.25, 0.3) is 5.82 Å². The van der Waals surface area contributed by atoms with Gasteiger partial charge in [-0.15, -0.1) is 5.10 Å². The van der Waals surface area contributed by atoms with Crippen LogP contribution in [-0.2, 0) is 24.4 Å². The van der Waals surface area contributed by atoms with Gasteiger partial charge in [-0.05, 0) is 40.5 Å². The Labute approximate surface area is 156 Å². The minimum atomic E-state index is -0.0523. The van der Waals surface area contributed by atoms with Crippen LogP contribution in [0.1, 0.15) is 17.0 Å². The van der Waals surface area contributed by atoms with E-state index in [1.54, 1.807) is 12.0 Å². The smallest absolute Gasteiger partial charge is 0.252 e. The van der Waals surface area contributed by atoms with Crippen LogP contribution < -0.4 is 4.74 Å². The number of carbonyl (C=O) groups is 1. The lowest BCUT2D eigenvalue weighted by molar-refractivity contribution is -0.132. The molecule has 0 radical (unpaired) electrons. The van der Waals surface area contributed by atoms with Crippen molar-refractivity contribution >= 4 is 5.91 Å². The summed E-state index contributed by atoms with van der Waals surface area (Å²) in [5.74, 6) is 0.827. The zero-order chi connectivity index (χ0) is 18.8. The molecule has 0 unspecified atom stereocenters. The van der Waals surface area contributed by atoms with Crippen LogP contribution in [-0.4, -0.2) is 32.7 Å². The molecule has 4 rings (SSSR count). The lowest BCUT2D eigenvalue weighted by atomic mass is 10.0. The van der Waals surface area contributed by atoms with Crippen LogP contribution in [0.25, 0.3) is 11.1 Å². The molecule has 27 heavy (non-hydrogen) atoms. The molecule has 2 aromatic carbocycles. The summed E-state index contributed by atoms with van der Waals surface area (Å²) in [5.41, 5.74) is 4.46. The van der Waals surface area contributed by atoms with Crippen molar-refractivity contribution in [2.24, 2.45) is 0 Å². The first kappa shape index (κ1) is 16.8. The number of rotatable bonds is 4. The Morgan fingerprint density at radius 1 is 1.19 bits per heavy atom. The van der Waals surface area contributed by atoms with Gasteiger partial charge < -0.3 is 9.64 Å². The topological polar surface area (TPSA) is 84.0 Å². The van der Waals surface area contributed by atoms with E-state index in [1.165, 1.54) is 11.0 Å². The number of methoxy groups -OCH3 is 1. The van der Waals surface area contributed by atoms with Crippen LogP contribution in [0.3, 0.4) is 0 Å². The van der Waals surface area contributed by atoms with E-state index in [1.807, 2.05) is 30.3 Å². The average molecular weight is 359 g/mol. The van der Waals surface area contributed by atoms with Crippen molar-refractivity contribution in [3.05, 3.63) is 65.7 Å². The Kier molecular flexibility index (Phi) is 4.30. The van der Waals surface area contributed by atoms with Gasteiger partial charge in [0.15, 0.2) is 0 Å². The van der Waals surface area contributed by atoms with Crippen molar-refractivity contribution in [3.8, 4) is 22.9 Å². The molecule has 0 bridgehead atoms. The molecule has 1 aromatic heterocycles. The van der Waals surface area contributed by atoms with Gasteiger partial charge in [0.2, 0.25) is 5.91 Å². The predicted molar refractivity (Wildman–Crippen MR) is 97.4 cm³/mol. The molecule has 1 aliphatic heterocycles. The fourth-order valence-corrected chi connectivity index (χ4v) is 3.21. The summed E-state index contributed by atoms with van der Waals surface area (Å²) < 4.78 is 6.69. The standard InChI is InChI=1S/C20H17N5O2/c1-27-18-4-2-3-14(8-18)15-5-6-16-10-24(11-17(16)7-15)20(26)12-25-13-22-19(9-21)23-25/h2-8,13H,10-12H2,1H3. The molecular weight excluding hydrogens is 342 g/mol. The van der Waals surface area contributed by atoms with Gasteiger partial charge in [-0.25, -0.2) is 9.67 Å². The number of carbonyl (C=O) groups excluding carboxylic acids is 1. The first-order chi connectivity index (χ1) is 13.2. The number of ether oxygens (including phenoxy) is 1. The van der Waals surface area contributed by atoms with Crippen molar-refractivity contribution in [2.75, 3.05) is 7.11 Å². The van der Waals surface area contributed by atoms with E-state index in [0.29, 0.717) is 13.1 Å². The molecule has 7 heteroatoms. The Morgan fingerprint density at radius 3 is 2.78 bits per heavy atom. The van der Waals surface area contributed by atoms with E-state index < -0.39 is 0 Å². The molecule has 134 valence electrons. The number of hydrogen-bond acceptors (Lipinski definition) is 5. The summed E-state index contributed by atoms with van der Waals surface area (Å²) in [7, 11) is 1.65.